The van der Waals surface area contributed by atoms with Crippen LogP contribution in [-0.4, -0.2) is 23.0 Å². The summed E-state index contributed by atoms with van der Waals surface area (Å²) >= 11 is 0. The van der Waals surface area contributed by atoms with Crippen molar-refractivity contribution in [3.05, 3.63) is 0 Å². The zero-order chi connectivity index (χ0) is 10.3. The van der Waals surface area contributed by atoms with Gasteiger partial charge in [0.2, 0.25) is 11.8 Å². The molecule has 0 aliphatic rings. The second-order valence-electron chi connectivity index (χ2n) is 2.98. The number of aliphatic hydroxyl groups excluding tert-OH is 1. The molecule has 0 bridgehead atoms. The molecule has 0 aliphatic heterocycles. The first-order valence-corrected chi connectivity index (χ1v) is 4.29. The Kier molecular flexibility index (Phi) is 5.88. The summed E-state index contributed by atoms with van der Waals surface area (Å²) in [7, 11) is 0. The number of amides is 2. The Morgan fingerprint density at radius 3 is 2.23 bits per heavy atom. The maximum atomic E-state index is 10.4. The molecule has 0 aromatic rings. The van der Waals surface area contributed by atoms with Crippen molar-refractivity contribution >= 4 is 11.8 Å². The molecular weight excluding hydrogens is 172 g/mol. The van der Waals surface area contributed by atoms with Crippen molar-refractivity contribution in [2.75, 3.05) is 0 Å². The molecule has 13 heavy (non-hydrogen) atoms. The van der Waals surface area contributed by atoms with Gasteiger partial charge in [-0.15, -0.1) is 0 Å². The fraction of sp³-hybridized carbons (Fsp3) is 0.750. The number of nitrogens with two attached hydrogens (primary N) is 2. The lowest BCUT2D eigenvalue weighted by molar-refractivity contribution is -0.126. The molecule has 1 unspecified atom stereocenters. The Morgan fingerprint density at radius 2 is 1.77 bits per heavy atom. The molecule has 5 nitrogen and oxygen atoms in total. The van der Waals surface area contributed by atoms with Crippen LogP contribution in [0, 0.1) is 0 Å². The highest BCUT2D eigenvalue weighted by Crippen LogP contribution is 2.05. The molecule has 0 aliphatic carbocycles. The first kappa shape index (κ1) is 11.9. The lowest BCUT2D eigenvalue weighted by Gasteiger charge is -2.04. The molecule has 5 heteroatoms. The van der Waals surface area contributed by atoms with Gasteiger partial charge in [0.1, 0.15) is 6.10 Å². The molecule has 0 rings (SSSR count). The summed E-state index contributed by atoms with van der Waals surface area (Å²) in [5.41, 5.74) is 9.76. The summed E-state index contributed by atoms with van der Waals surface area (Å²) in [6, 6.07) is 0. The van der Waals surface area contributed by atoms with Crippen LogP contribution in [0.2, 0.25) is 0 Å². The summed E-state index contributed by atoms with van der Waals surface area (Å²) in [5, 5.41) is 8.97. The first-order valence-electron chi connectivity index (χ1n) is 4.29. The van der Waals surface area contributed by atoms with E-state index >= 15 is 0 Å². The highest BCUT2D eigenvalue weighted by molar-refractivity contribution is 5.78. The van der Waals surface area contributed by atoms with Crippen LogP contribution in [0.15, 0.2) is 0 Å². The summed E-state index contributed by atoms with van der Waals surface area (Å²) in [5.74, 6) is -1.02. The Bertz CT molecular complexity index is 182. The zero-order valence-corrected chi connectivity index (χ0v) is 7.53. The van der Waals surface area contributed by atoms with E-state index in [-0.39, 0.29) is 5.91 Å². The molecule has 2 amide bonds. The minimum absolute atomic E-state index is 0.324. The van der Waals surface area contributed by atoms with Crippen molar-refractivity contribution in [3.63, 3.8) is 0 Å². The smallest absolute Gasteiger partial charge is 0.246 e. The minimum atomic E-state index is -1.06. The third kappa shape index (κ3) is 7.27. The first-order chi connectivity index (χ1) is 6.04. The summed E-state index contributed by atoms with van der Waals surface area (Å²) in [6.07, 6.45) is 1.79. The van der Waals surface area contributed by atoms with Gasteiger partial charge in [0, 0.05) is 6.42 Å². The van der Waals surface area contributed by atoms with Crippen molar-refractivity contribution in [2.24, 2.45) is 11.5 Å². The van der Waals surface area contributed by atoms with Gasteiger partial charge in [0.05, 0.1) is 0 Å². The van der Waals surface area contributed by atoms with E-state index in [9.17, 15) is 9.59 Å². The number of primary amides is 2. The Balaban J connectivity index is 3.26. The predicted molar refractivity (Wildman–Crippen MR) is 47.5 cm³/mol. The van der Waals surface area contributed by atoms with Gasteiger partial charge in [0.15, 0.2) is 0 Å². The average molecular weight is 188 g/mol. The fourth-order valence-corrected chi connectivity index (χ4v) is 0.956. The Hall–Kier alpha value is -1.10. The number of carbonyl (C=O) groups excluding carboxylic acids is 2. The Labute approximate surface area is 77.1 Å². The zero-order valence-electron chi connectivity index (χ0n) is 7.53. The SMILES string of the molecule is NC(=O)CCCCCC(O)C(N)=O. The third-order valence-corrected chi connectivity index (χ3v) is 1.73. The molecule has 0 saturated carbocycles. The van der Waals surface area contributed by atoms with E-state index in [1.165, 1.54) is 0 Å². The van der Waals surface area contributed by atoms with Crippen molar-refractivity contribution in [2.45, 2.75) is 38.2 Å². The molecule has 0 aromatic heterocycles. The van der Waals surface area contributed by atoms with E-state index in [2.05, 4.69) is 0 Å². The number of hydrogen-bond donors (Lipinski definition) is 3. The minimum Gasteiger partial charge on any atom is -0.383 e. The van der Waals surface area contributed by atoms with Crippen molar-refractivity contribution in [1.82, 2.24) is 0 Å². The van der Waals surface area contributed by atoms with Gasteiger partial charge in [-0.1, -0.05) is 12.8 Å². The molecule has 0 spiro atoms. The van der Waals surface area contributed by atoms with E-state index in [0.717, 1.165) is 6.42 Å². The summed E-state index contributed by atoms with van der Waals surface area (Å²) in [4.78, 5) is 20.7. The van der Waals surface area contributed by atoms with E-state index < -0.39 is 12.0 Å². The molecule has 76 valence electrons. The topological polar surface area (TPSA) is 106 Å². The molecule has 0 radical (unpaired) electrons. The summed E-state index contributed by atoms with van der Waals surface area (Å²) in [6.45, 7) is 0. The van der Waals surface area contributed by atoms with Crippen LogP contribution in [0.3, 0.4) is 0 Å². The predicted octanol–water partition coefficient (Wildman–Crippen LogP) is -0.732. The van der Waals surface area contributed by atoms with Gasteiger partial charge in [-0.05, 0) is 12.8 Å². The number of carbonyl (C=O) groups is 2. The lowest BCUT2D eigenvalue weighted by Crippen LogP contribution is -2.27. The third-order valence-electron chi connectivity index (χ3n) is 1.73. The highest BCUT2D eigenvalue weighted by atomic mass is 16.3. The van der Waals surface area contributed by atoms with Gasteiger partial charge >= 0.3 is 0 Å². The number of rotatable bonds is 7. The number of unbranched alkanes of at least 4 members (excludes halogenated alkanes) is 2. The molecule has 0 fully saturated rings. The van der Waals surface area contributed by atoms with Crippen molar-refractivity contribution in [1.29, 1.82) is 0 Å². The van der Waals surface area contributed by atoms with E-state index in [1.807, 2.05) is 0 Å². The standard InChI is InChI=1S/C8H16N2O3/c9-7(12)5-3-1-2-4-6(11)8(10)13/h6,11H,1-5H2,(H2,9,12)(H2,10,13). The maximum Gasteiger partial charge on any atom is 0.246 e. The van der Waals surface area contributed by atoms with Crippen LogP contribution in [0.5, 0.6) is 0 Å². The second-order valence-corrected chi connectivity index (χ2v) is 2.98. The van der Waals surface area contributed by atoms with Crippen LogP contribution in [0.1, 0.15) is 32.1 Å². The highest BCUT2D eigenvalue weighted by Gasteiger charge is 2.09. The average Bonchev–Trinajstić information content (AvgIpc) is 2.02. The molecular formula is C8H16N2O3. The number of hydrogen-bond acceptors (Lipinski definition) is 3. The summed E-state index contributed by atoms with van der Waals surface area (Å²) < 4.78 is 0. The van der Waals surface area contributed by atoms with Gasteiger partial charge < -0.3 is 16.6 Å². The van der Waals surface area contributed by atoms with Crippen LogP contribution in [0.4, 0.5) is 0 Å². The van der Waals surface area contributed by atoms with Crippen molar-refractivity contribution in [3.8, 4) is 0 Å². The quantitative estimate of drug-likeness (QED) is 0.458. The molecule has 0 aromatic carbocycles. The largest absolute Gasteiger partial charge is 0.383 e. The molecule has 0 saturated heterocycles. The second kappa shape index (κ2) is 6.42. The van der Waals surface area contributed by atoms with Gasteiger partial charge in [-0.2, -0.15) is 0 Å². The van der Waals surface area contributed by atoms with E-state index in [0.29, 0.717) is 25.7 Å². The molecule has 1 atom stereocenters. The number of aliphatic hydroxyl groups is 1. The molecule has 0 heterocycles. The van der Waals surface area contributed by atoms with Gasteiger partial charge in [-0.3, -0.25) is 9.59 Å². The van der Waals surface area contributed by atoms with Gasteiger partial charge in [0.25, 0.3) is 0 Å². The fourth-order valence-electron chi connectivity index (χ4n) is 0.956. The van der Waals surface area contributed by atoms with E-state index in [4.69, 9.17) is 16.6 Å². The van der Waals surface area contributed by atoms with E-state index in [1.54, 1.807) is 0 Å². The maximum absolute atomic E-state index is 10.4. The van der Waals surface area contributed by atoms with Crippen LogP contribution < -0.4 is 11.5 Å². The van der Waals surface area contributed by atoms with Crippen LogP contribution in [-0.2, 0) is 9.59 Å². The van der Waals surface area contributed by atoms with Crippen LogP contribution >= 0.6 is 0 Å². The van der Waals surface area contributed by atoms with Crippen molar-refractivity contribution < 1.29 is 14.7 Å². The Morgan fingerprint density at radius 1 is 1.15 bits per heavy atom. The normalized spacial score (nSPS) is 12.4. The lowest BCUT2D eigenvalue weighted by atomic mass is 10.1. The monoisotopic (exact) mass is 188 g/mol. The molecule has 5 N–H and O–H groups in total. The van der Waals surface area contributed by atoms with Crippen LogP contribution in [0.25, 0.3) is 0 Å². The van der Waals surface area contributed by atoms with Gasteiger partial charge in [-0.25, -0.2) is 0 Å².